The molecule has 276 valence electrons. The third-order valence-corrected chi connectivity index (χ3v) is 11.8. The number of anilines is 2. The van der Waals surface area contributed by atoms with Crippen LogP contribution >= 0.6 is 34.8 Å². The normalized spacial score (nSPS) is 26.4. The van der Waals surface area contributed by atoms with Gasteiger partial charge < -0.3 is 5.11 Å². The third-order valence-electron chi connectivity index (χ3n) is 11.0. The van der Waals surface area contributed by atoms with Crippen molar-refractivity contribution in [1.29, 1.82) is 0 Å². The number of fused-ring (bicyclic) bond motifs is 4. The number of hydrogen-bond acceptors (Lipinski definition) is 7. The van der Waals surface area contributed by atoms with Gasteiger partial charge in [-0.25, -0.2) is 9.37 Å². The number of imide groups is 2. The average Bonchev–Trinajstić information content (AvgIpc) is 3.51. The quantitative estimate of drug-likeness (QED) is 0.119. The molecular weight excluding hydrogens is 775 g/mol. The molecule has 2 aliphatic heterocycles. The number of hydrazine groups is 1. The Morgan fingerprint density at radius 1 is 0.870 bits per heavy atom. The van der Waals surface area contributed by atoms with Gasteiger partial charge in [0.05, 0.1) is 39.4 Å². The molecule has 16 heteroatoms. The van der Waals surface area contributed by atoms with Gasteiger partial charge >= 0.3 is 6.18 Å². The summed E-state index contributed by atoms with van der Waals surface area (Å²) in [6, 6.07) is 16.5. The number of benzene rings is 3. The number of alkyl halides is 3. The van der Waals surface area contributed by atoms with Crippen LogP contribution in [0.25, 0.3) is 0 Å². The van der Waals surface area contributed by atoms with Crippen LogP contribution < -0.4 is 10.3 Å². The molecule has 4 aliphatic rings. The van der Waals surface area contributed by atoms with Crippen LogP contribution in [0.4, 0.5) is 29.1 Å². The number of aromatic nitrogens is 1. The van der Waals surface area contributed by atoms with Crippen molar-refractivity contribution in [3.05, 3.63) is 128 Å². The number of amides is 4. The van der Waals surface area contributed by atoms with E-state index in [1.807, 2.05) is 0 Å². The lowest BCUT2D eigenvalue weighted by molar-refractivity contribution is -0.139. The summed E-state index contributed by atoms with van der Waals surface area (Å²) in [5.41, 5.74) is 0.310. The van der Waals surface area contributed by atoms with Crippen LogP contribution in [-0.2, 0) is 30.8 Å². The number of nitrogens with zero attached hydrogens (tertiary/aromatic N) is 3. The van der Waals surface area contributed by atoms with Crippen molar-refractivity contribution < 1.29 is 41.8 Å². The summed E-state index contributed by atoms with van der Waals surface area (Å²) in [5, 5.41) is 12.1. The van der Waals surface area contributed by atoms with Crippen LogP contribution in [0.2, 0.25) is 15.1 Å². The van der Waals surface area contributed by atoms with E-state index in [1.54, 1.807) is 6.08 Å². The maximum absolute atomic E-state index is 15.3. The zero-order chi connectivity index (χ0) is 38.4. The Hall–Kier alpha value is -4.98. The van der Waals surface area contributed by atoms with Crippen molar-refractivity contribution in [3.8, 4) is 5.75 Å². The summed E-state index contributed by atoms with van der Waals surface area (Å²) >= 11 is 18.5. The highest BCUT2D eigenvalue weighted by Crippen LogP contribution is 2.65. The molecule has 2 N–H and O–H groups in total. The molecule has 1 saturated carbocycles. The van der Waals surface area contributed by atoms with Crippen LogP contribution in [0, 0.1) is 29.5 Å². The molecule has 6 unspecified atom stereocenters. The van der Waals surface area contributed by atoms with Gasteiger partial charge in [-0.3, -0.25) is 29.5 Å². The number of allylic oxidation sites excluding steroid dienone is 2. The smallest absolute Gasteiger partial charge is 0.417 e. The second-order valence-corrected chi connectivity index (χ2v) is 14.9. The van der Waals surface area contributed by atoms with Crippen molar-refractivity contribution >= 4 is 69.9 Å². The fourth-order valence-electron chi connectivity index (χ4n) is 8.74. The van der Waals surface area contributed by atoms with Crippen molar-refractivity contribution in [3.63, 3.8) is 0 Å². The Bertz CT molecular complexity index is 2310. The lowest BCUT2D eigenvalue weighted by Crippen LogP contribution is -2.53. The average molecular weight is 800 g/mol. The fraction of sp³-hybridized carbons (Fsp3) is 0.237. The van der Waals surface area contributed by atoms with Gasteiger partial charge in [-0.1, -0.05) is 70.7 Å². The number of carbonyl (C=O) groups excluding carboxylic acids is 4. The van der Waals surface area contributed by atoms with Crippen LogP contribution in [0.1, 0.15) is 35.4 Å². The second-order valence-electron chi connectivity index (χ2n) is 13.6. The maximum Gasteiger partial charge on any atom is 0.417 e. The Morgan fingerprint density at radius 3 is 2.19 bits per heavy atom. The standard InChI is InChI=1S/C38H25Cl3F4N4O5/c39-19-6-4-17(5-7-19)37-26(34(52)49(36(37)54)47-32-27(41)14-18(16-46-32)38(43,44)45)15-25-22(30(37)24-2-1-3-28(42)31(24)50)12-13-23-29(25)35(53)48(33(23)51)21-10-8-20(40)9-11-21/h1-12,14,16,23,25-26,29-30,50H,13,15H2,(H,46,47). The molecule has 6 atom stereocenters. The minimum absolute atomic E-state index is 0.0499. The molecule has 9 nitrogen and oxygen atoms in total. The van der Waals surface area contributed by atoms with Crippen LogP contribution in [0.15, 0.2) is 90.6 Å². The zero-order valence-corrected chi connectivity index (χ0v) is 29.7. The maximum atomic E-state index is 15.3. The first-order chi connectivity index (χ1) is 25.6. The number of phenols is 1. The number of carbonyl (C=O) groups is 4. The number of hydrogen-bond donors (Lipinski definition) is 2. The van der Waals surface area contributed by atoms with Crippen molar-refractivity contribution in [2.45, 2.75) is 30.4 Å². The van der Waals surface area contributed by atoms with Gasteiger partial charge in [-0.15, -0.1) is 0 Å². The lowest BCUT2D eigenvalue weighted by Gasteiger charge is -2.50. The highest BCUT2D eigenvalue weighted by molar-refractivity contribution is 6.33. The molecule has 4 amide bonds. The Balaban J connectivity index is 1.32. The van der Waals surface area contributed by atoms with E-state index in [1.165, 1.54) is 60.7 Å². The molecule has 8 rings (SSSR count). The molecule has 54 heavy (non-hydrogen) atoms. The van der Waals surface area contributed by atoms with Crippen LogP contribution in [0.5, 0.6) is 5.75 Å². The Labute approximate surface area is 319 Å². The number of pyridine rings is 1. The lowest BCUT2D eigenvalue weighted by atomic mass is 9.49. The number of halogens is 7. The molecule has 3 fully saturated rings. The molecular formula is C38H25Cl3F4N4O5. The number of nitrogens with one attached hydrogen (secondary N) is 1. The summed E-state index contributed by atoms with van der Waals surface area (Å²) in [5.74, 6) is -10.4. The van der Waals surface area contributed by atoms with Crippen LogP contribution in [-0.4, -0.2) is 38.7 Å². The van der Waals surface area contributed by atoms with Crippen molar-refractivity contribution in [2.75, 3.05) is 10.3 Å². The van der Waals surface area contributed by atoms with E-state index in [2.05, 4.69) is 10.4 Å². The summed E-state index contributed by atoms with van der Waals surface area (Å²) in [6.07, 6.45) is -2.69. The first kappa shape index (κ1) is 36.0. The Morgan fingerprint density at radius 2 is 1.54 bits per heavy atom. The summed E-state index contributed by atoms with van der Waals surface area (Å²) in [6.45, 7) is 0. The van der Waals surface area contributed by atoms with E-state index >= 15 is 9.18 Å². The predicted octanol–water partition coefficient (Wildman–Crippen LogP) is 8.09. The van der Waals surface area contributed by atoms with E-state index < -0.39 is 92.8 Å². The highest BCUT2D eigenvalue weighted by Gasteiger charge is 2.71. The van der Waals surface area contributed by atoms with Gasteiger partial charge in [-0.05, 0) is 72.9 Å². The van der Waals surface area contributed by atoms with Crippen molar-refractivity contribution in [1.82, 2.24) is 9.99 Å². The first-order valence-corrected chi connectivity index (χ1v) is 17.7. The minimum atomic E-state index is -4.79. The van der Waals surface area contributed by atoms with Crippen molar-refractivity contribution in [2.24, 2.45) is 23.7 Å². The van der Waals surface area contributed by atoms with E-state index in [0.29, 0.717) is 33.6 Å². The third kappa shape index (κ3) is 5.30. The van der Waals surface area contributed by atoms with E-state index in [-0.39, 0.29) is 29.0 Å². The molecule has 3 heterocycles. The molecule has 1 aromatic heterocycles. The van der Waals surface area contributed by atoms with Gasteiger partial charge in [-0.2, -0.15) is 18.2 Å². The topological polar surface area (TPSA) is 120 Å². The summed E-state index contributed by atoms with van der Waals surface area (Å²) < 4.78 is 55.6. The molecule has 0 bridgehead atoms. The molecule has 2 aliphatic carbocycles. The molecule has 0 radical (unpaired) electrons. The molecule has 4 aromatic rings. The largest absolute Gasteiger partial charge is 0.505 e. The minimum Gasteiger partial charge on any atom is -0.505 e. The van der Waals surface area contributed by atoms with Gasteiger partial charge in [0.1, 0.15) is 0 Å². The van der Waals surface area contributed by atoms with Gasteiger partial charge in [0.2, 0.25) is 11.8 Å². The summed E-state index contributed by atoms with van der Waals surface area (Å²) in [4.78, 5) is 63.0. The zero-order valence-electron chi connectivity index (χ0n) is 27.5. The van der Waals surface area contributed by atoms with Gasteiger partial charge in [0.15, 0.2) is 17.4 Å². The van der Waals surface area contributed by atoms with E-state index in [4.69, 9.17) is 34.8 Å². The van der Waals surface area contributed by atoms with Gasteiger partial charge in [0, 0.05) is 27.7 Å². The number of rotatable bonds is 5. The fourth-order valence-corrected chi connectivity index (χ4v) is 9.20. The van der Waals surface area contributed by atoms with Crippen LogP contribution in [0.3, 0.4) is 0 Å². The van der Waals surface area contributed by atoms with E-state index in [0.717, 1.165) is 11.0 Å². The number of phenolic OH excluding ortho intramolecular Hbond substituents is 1. The van der Waals surface area contributed by atoms with E-state index in [9.17, 15) is 32.7 Å². The molecule has 3 aromatic carbocycles. The predicted molar refractivity (Wildman–Crippen MR) is 189 cm³/mol. The summed E-state index contributed by atoms with van der Waals surface area (Å²) in [7, 11) is 0. The second kappa shape index (κ2) is 12.8. The molecule has 0 spiro atoms. The number of aromatic hydroxyl groups is 1. The SMILES string of the molecule is O=C1C2CC3C(=CCC4C(=O)N(c5ccc(Cl)cc5)C(=O)C43)C(c3cccc(F)c3O)C2(c2ccc(Cl)cc2)C(=O)N1Nc1ncc(C(F)(F)F)cc1Cl. The Kier molecular flexibility index (Phi) is 8.55. The number of para-hydroxylation sites is 1. The first-order valence-electron chi connectivity index (χ1n) is 16.6. The monoisotopic (exact) mass is 798 g/mol. The van der Waals surface area contributed by atoms with Gasteiger partial charge in [0.25, 0.3) is 11.8 Å². The molecule has 2 saturated heterocycles. The highest BCUT2D eigenvalue weighted by atomic mass is 35.5.